The van der Waals surface area contributed by atoms with Crippen LogP contribution in [0.25, 0.3) is 0 Å². The number of carbonyl (C=O) groups excluding carboxylic acids is 1. The van der Waals surface area contributed by atoms with E-state index in [4.69, 9.17) is 15.5 Å². The molecule has 128 valence electrons. The summed E-state index contributed by atoms with van der Waals surface area (Å²) in [6, 6.07) is 18.9. The summed E-state index contributed by atoms with van der Waals surface area (Å²) in [5, 5.41) is 0. The molecule has 25 heavy (non-hydrogen) atoms. The van der Waals surface area contributed by atoms with Gasteiger partial charge in [-0.3, -0.25) is 9.69 Å². The Morgan fingerprint density at radius 1 is 0.960 bits per heavy atom. The monoisotopic (exact) mass is 335 g/mol. The van der Waals surface area contributed by atoms with Crippen LogP contribution in [0.5, 0.6) is 0 Å². The number of rotatable bonds is 3. The molecule has 1 fully saturated rings. The molecule has 0 amide bonds. The van der Waals surface area contributed by atoms with Crippen LogP contribution >= 0.6 is 0 Å². The number of nitrogens with zero attached hydrogens (tertiary/aromatic N) is 2. The minimum atomic E-state index is -1.07. The maximum absolute atomic E-state index is 13.7. The highest BCUT2D eigenvalue weighted by molar-refractivity contribution is 6.18. The average molecular weight is 335 g/mol. The minimum absolute atomic E-state index is 0.0179. The molecule has 5 heteroatoms. The third-order valence-corrected chi connectivity index (χ3v) is 4.98. The molecule has 2 aliphatic heterocycles. The summed E-state index contributed by atoms with van der Waals surface area (Å²) >= 11 is 0. The van der Waals surface area contributed by atoms with E-state index in [1.807, 2.05) is 60.7 Å². The maximum Gasteiger partial charge on any atom is 0.194 e. The number of nitrogens with two attached hydrogens (primary N) is 1. The van der Waals surface area contributed by atoms with Gasteiger partial charge in [-0.05, 0) is 11.1 Å². The average Bonchev–Trinajstić information content (AvgIpc) is 2.95. The number of hydrogen-bond acceptors (Lipinski definition) is 5. The Hall–Kier alpha value is -2.50. The Morgan fingerprint density at radius 2 is 1.48 bits per heavy atom. The Labute approximate surface area is 147 Å². The Bertz CT molecular complexity index is 744. The number of benzene rings is 2. The number of ketones is 1. The van der Waals surface area contributed by atoms with Gasteiger partial charge in [-0.15, -0.1) is 0 Å². The van der Waals surface area contributed by atoms with E-state index in [1.54, 1.807) is 0 Å². The first-order valence-corrected chi connectivity index (χ1v) is 8.56. The summed E-state index contributed by atoms with van der Waals surface area (Å²) < 4.78 is 5.42. The van der Waals surface area contributed by atoms with Crippen LogP contribution in [-0.4, -0.2) is 48.9 Å². The zero-order chi connectivity index (χ0) is 17.3. The molecule has 0 aliphatic carbocycles. The van der Waals surface area contributed by atoms with Crippen LogP contribution < -0.4 is 5.73 Å². The first-order chi connectivity index (χ1) is 12.2. The van der Waals surface area contributed by atoms with Crippen molar-refractivity contribution in [1.29, 1.82) is 0 Å². The van der Waals surface area contributed by atoms with E-state index in [0.29, 0.717) is 32.1 Å². The van der Waals surface area contributed by atoms with E-state index in [9.17, 15) is 4.79 Å². The van der Waals surface area contributed by atoms with E-state index in [-0.39, 0.29) is 5.78 Å². The van der Waals surface area contributed by atoms with Crippen LogP contribution in [0.1, 0.15) is 11.1 Å². The highest BCUT2D eigenvalue weighted by atomic mass is 16.5. The molecule has 5 nitrogen and oxygen atoms in total. The lowest BCUT2D eigenvalue weighted by molar-refractivity contribution is -0.126. The topological polar surface area (TPSA) is 67.9 Å². The van der Waals surface area contributed by atoms with E-state index >= 15 is 0 Å². The van der Waals surface area contributed by atoms with Crippen molar-refractivity contribution in [2.45, 2.75) is 11.6 Å². The van der Waals surface area contributed by atoms with Gasteiger partial charge in [0.25, 0.3) is 0 Å². The molecule has 0 radical (unpaired) electrons. The predicted molar refractivity (Wildman–Crippen MR) is 96.5 cm³/mol. The molecule has 0 spiro atoms. The molecule has 2 aliphatic rings. The van der Waals surface area contributed by atoms with Gasteiger partial charge in [-0.25, -0.2) is 4.99 Å². The van der Waals surface area contributed by atoms with Gasteiger partial charge in [-0.2, -0.15) is 0 Å². The molecule has 2 heterocycles. The maximum atomic E-state index is 13.7. The lowest BCUT2D eigenvalue weighted by atomic mass is 9.79. The normalized spacial score (nSPS) is 23.4. The third kappa shape index (κ3) is 2.56. The molecule has 1 atom stereocenters. The van der Waals surface area contributed by atoms with E-state index < -0.39 is 11.6 Å². The van der Waals surface area contributed by atoms with Crippen LogP contribution in [0.15, 0.2) is 65.7 Å². The zero-order valence-electron chi connectivity index (χ0n) is 14.0. The van der Waals surface area contributed by atoms with Crippen molar-refractivity contribution in [2.75, 3.05) is 26.3 Å². The van der Waals surface area contributed by atoms with Crippen molar-refractivity contribution < 1.29 is 9.53 Å². The summed E-state index contributed by atoms with van der Waals surface area (Å²) in [5.74, 6) is 0.406. The smallest absolute Gasteiger partial charge is 0.194 e. The second kappa shape index (κ2) is 6.43. The number of Topliss-reactive ketones (excluding diaryl/α,β-unsaturated/α-hetero) is 1. The number of hydrogen-bond donors (Lipinski definition) is 1. The van der Waals surface area contributed by atoms with Gasteiger partial charge in [0, 0.05) is 13.1 Å². The van der Waals surface area contributed by atoms with Crippen LogP contribution in [0.2, 0.25) is 0 Å². The Balaban J connectivity index is 1.84. The van der Waals surface area contributed by atoms with Gasteiger partial charge in [0.2, 0.25) is 0 Å². The highest BCUT2D eigenvalue weighted by Crippen LogP contribution is 2.40. The summed E-state index contributed by atoms with van der Waals surface area (Å²) in [4.78, 5) is 20.5. The fraction of sp³-hybridized carbons (Fsp3) is 0.300. The molecule has 1 saturated heterocycles. The van der Waals surface area contributed by atoms with Crippen LogP contribution in [-0.2, 0) is 15.1 Å². The van der Waals surface area contributed by atoms with Gasteiger partial charge in [0.15, 0.2) is 11.3 Å². The van der Waals surface area contributed by atoms with Crippen LogP contribution in [0.4, 0.5) is 0 Å². The van der Waals surface area contributed by atoms with Gasteiger partial charge in [-0.1, -0.05) is 60.7 Å². The minimum Gasteiger partial charge on any atom is -0.386 e. The number of aliphatic imine (C=N–C) groups is 1. The van der Waals surface area contributed by atoms with Crippen LogP contribution in [0.3, 0.4) is 0 Å². The largest absolute Gasteiger partial charge is 0.386 e. The van der Waals surface area contributed by atoms with E-state index in [1.165, 1.54) is 0 Å². The van der Waals surface area contributed by atoms with Crippen molar-refractivity contribution in [3.8, 4) is 0 Å². The third-order valence-electron chi connectivity index (χ3n) is 4.98. The summed E-state index contributed by atoms with van der Waals surface area (Å²) in [7, 11) is 0. The number of carbonyl (C=O) groups is 1. The molecule has 2 aromatic rings. The molecular formula is C20H21N3O2. The van der Waals surface area contributed by atoms with Gasteiger partial charge < -0.3 is 10.5 Å². The van der Waals surface area contributed by atoms with Crippen molar-refractivity contribution in [3.05, 3.63) is 71.8 Å². The number of ether oxygens (including phenoxy) is 1. The fourth-order valence-electron chi connectivity index (χ4n) is 3.77. The number of amidine groups is 1. The molecule has 1 unspecified atom stereocenters. The molecule has 2 N–H and O–H groups in total. The van der Waals surface area contributed by atoms with Crippen molar-refractivity contribution in [2.24, 2.45) is 10.7 Å². The lowest BCUT2D eigenvalue weighted by Crippen LogP contribution is -2.53. The predicted octanol–water partition coefficient (Wildman–Crippen LogP) is 1.57. The molecule has 2 aromatic carbocycles. The second-order valence-electron chi connectivity index (χ2n) is 6.39. The van der Waals surface area contributed by atoms with Crippen LogP contribution in [0, 0.1) is 0 Å². The fourth-order valence-corrected chi connectivity index (χ4v) is 3.77. The quantitative estimate of drug-likeness (QED) is 0.924. The molecule has 0 aromatic heterocycles. The summed E-state index contributed by atoms with van der Waals surface area (Å²) in [6.07, 6.45) is 0. The number of morpholine rings is 1. The summed E-state index contributed by atoms with van der Waals surface area (Å²) in [6.45, 7) is 2.60. The standard InChI is InChI=1S/C20H21N3O2/c21-19-17(23-11-13-25-14-12-23)18(24)20(22-19,15-7-3-1-4-8-15)16-9-5-2-6-10-16/h1-10,17H,11-14H2,(H2,21,22). The van der Waals surface area contributed by atoms with Gasteiger partial charge >= 0.3 is 0 Å². The van der Waals surface area contributed by atoms with Crippen molar-refractivity contribution >= 4 is 11.6 Å². The van der Waals surface area contributed by atoms with E-state index in [0.717, 1.165) is 11.1 Å². The van der Waals surface area contributed by atoms with Gasteiger partial charge in [0.05, 0.1) is 13.2 Å². The first-order valence-electron chi connectivity index (χ1n) is 8.56. The zero-order valence-corrected chi connectivity index (χ0v) is 14.0. The highest BCUT2D eigenvalue weighted by Gasteiger charge is 2.53. The Morgan fingerprint density at radius 3 is 2.00 bits per heavy atom. The SMILES string of the molecule is NC1=NC(c2ccccc2)(c2ccccc2)C(=O)C1N1CCOCC1. The first kappa shape index (κ1) is 16.0. The molecule has 4 rings (SSSR count). The summed E-state index contributed by atoms with van der Waals surface area (Å²) in [5.41, 5.74) is 6.93. The lowest BCUT2D eigenvalue weighted by Gasteiger charge is -2.33. The second-order valence-corrected chi connectivity index (χ2v) is 6.39. The Kier molecular flexibility index (Phi) is 4.11. The van der Waals surface area contributed by atoms with E-state index in [2.05, 4.69) is 4.90 Å². The molecule has 0 saturated carbocycles. The van der Waals surface area contributed by atoms with Crippen molar-refractivity contribution in [1.82, 2.24) is 4.90 Å². The van der Waals surface area contributed by atoms with Gasteiger partial charge in [0.1, 0.15) is 11.9 Å². The van der Waals surface area contributed by atoms with Crippen molar-refractivity contribution in [3.63, 3.8) is 0 Å². The molecular weight excluding hydrogens is 314 g/mol. The molecule has 0 bridgehead atoms.